The molecule has 0 fully saturated rings. The lowest BCUT2D eigenvalue weighted by molar-refractivity contribution is -0.138. The van der Waals surface area contributed by atoms with Gasteiger partial charge in [-0.25, -0.2) is 4.79 Å². The van der Waals surface area contributed by atoms with Crippen LogP contribution in [0, 0.1) is 0 Å². The average molecular weight is 386 g/mol. The lowest BCUT2D eigenvalue weighted by Crippen LogP contribution is -2.49. The Morgan fingerprint density at radius 1 is 1.03 bits per heavy atom. The topological polar surface area (TPSA) is 75.7 Å². The van der Waals surface area contributed by atoms with Gasteiger partial charge < -0.3 is 15.0 Å². The number of methoxy groups -OCH3 is 1. The van der Waals surface area contributed by atoms with Gasteiger partial charge in [0.1, 0.15) is 5.41 Å². The molecule has 2 aromatic rings. The van der Waals surface area contributed by atoms with Crippen LogP contribution >= 0.6 is 0 Å². The second kappa shape index (κ2) is 5.67. The van der Waals surface area contributed by atoms with Crippen LogP contribution < -0.4 is 10.2 Å². The van der Waals surface area contributed by atoms with Gasteiger partial charge in [-0.3, -0.25) is 9.59 Å². The summed E-state index contributed by atoms with van der Waals surface area (Å²) in [6, 6.07) is 14.5. The smallest absolute Gasteiger partial charge is 0.337 e. The number of carbonyl (C=O) groups is 3. The number of Topliss-reactive ketones (excluding diaryl/α,β-unsaturated/α-hetero) is 1. The Labute approximate surface area is 167 Å². The molecule has 1 amide bonds. The van der Waals surface area contributed by atoms with Gasteiger partial charge in [-0.15, -0.1) is 0 Å². The highest BCUT2D eigenvalue weighted by Crippen LogP contribution is 2.56. The number of anilines is 1. The summed E-state index contributed by atoms with van der Waals surface area (Å²) in [6.45, 7) is 1.73. The number of dihydropyridines is 1. The third-order valence-corrected chi connectivity index (χ3v) is 6.04. The van der Waals surface area contributed by atoms with Crippen molar-refractivity contribution >= 4 is 29.0 Å². The molecule has 2 heterocycles. The zero-order valence-corrected chi connectivity index (χ0v) is 16.2. The second-order valence-electron chi connectivity index (χ2n) is 7.37. The van der Waals surface area contributed by atoms with E-state index in [-0.39, 0.29) is 22.8 Å². The van der Waals surface area contributed by atoms with Crippen molar-refractivity contribution in [3.05, 3.63) is 82.1 Å². The van der Waals surface area contributed by atoms with E-state index in [4.69, 9.17) is 4.74 Å². The van der Waals surface area contributed by atoms with E-state index >= 15 is 0 Å². The number of nitrogens with one attached hydrogen (secondary N) is 1. The zero-order valence-electron chi connectivity index (χ0n) is 16.2. The van der Waals surface area contributed by atoms with Gasteiger partial charge in [-0.1, -0.05) is 42.5 Å². The minimum Gasteiger partial charge on any atom is -0.466 e. The van der Waals surface area contributed by atoms with Gasteiger partial charge in [0.2, 0.25) is 5.91 Å². The molecule has 1 aliphatic carbocycles. The van der Waals surface area contributed by atoms with Crippen LogP contribution in [0.15, 0.2) is 65.4 Å². The van der Waals surface area contributed by atoms with Crippen LogP contribution in [-0.4, -0.2) is 31.8 Å². The van der Waals surface area contributed by atoms with Crippen LogP contribution in [0.3, 0.4) is 0 Å². The number of allylic oxidation sites excluding steroid dienone is 1. The SMILES string of the molecule is COC(=O)C1=C(C)NC2=C(C(=O)c3ccccc32)C12C(=O)N(C)c1ccccc12. The van der Waals surface area contributed by atoms with Crippen molar-refractivity contribution in [1.82, 2.24) is 5.32 Å². The maximum absolute atomic E-state index is 13.8. The predicted molar refractivity (Wildman–Crippen MR) is 107 cm³/mol. The van der Waals surface area contributed by atoms with E-state index in [1.165, 1.54) is 12.0 Å². The molecule has 6 heteroatoms. The maximum atomic E-state index is 13.8. The maximum Gasteiger partial charge on any atom is 0.337 e. The highest BCUT2D eigenvalue weighted by Gasteiger charge is 2.63. The highest BCUT2D eigenvalue weighted by atomic mass is 16.5. The number of amides is 1. The van der Waals surface area contributed by atoms with Crippen LogP contribution in [-0.2, 0) is 19.7 Å². The van der Waals surface area contributed by atoms with Gasteiger partial charge in [-0.2, -0.15) is 0 Å². The molecule has 29 heavy (non-hydrogen) atoms. The summed E-state index contributed by atoms with van der Waals surface area (Å²) < 4.78 is 5.06. The monoisotopic (exact) mass is 386 g/mol. The first kappa shape index (κ1) is 17.4. The van der Waals surface area contributed by atoms with Crippen molar-refractivity contribution in [2.45, 2.75) is 12.3 Å². The number of nitrogens with zero attached hydrogens (tertiary/aromatic N) is 1. The molecule has 1 atom stereocenters. The number of esters is 1. The largest absolute Gasteiger partial charge is 0.466 e. The Balaban J connectivity index is 1.93. The van der Waals surface area contributed by atoms with E-state index in [1.54, 1.807) is 32.2 Å². The fourth-order valence-corrected chi connectivity index (χ4v) is 4.88. The van der Waals surface area contributed by atoms with Gasteiger partial charge >= 0.3 is 5.97 Å². The van der Waals surface area contributed by atoms with Crippen molar-refractivity contribution in [2.24, 2.45) is 0 Å². The molecule has 1 unspecified atom stereocenters. The number of ketones is 1. The first-order chi connectivity index (χ1) is 13.9. The number of likely N-dealkylation sites (N-methyl/N-ethyl adjacent to an activating group) is 1. The van der Waals surface area contributed by atoms with Gasteiger partial charge in [0.25, 0.3) is 0 Å². The quantitative estimate of drug-likeness (QED) is 0.763. The van der Waals surface area contributed by atoms with E-state index < -0.39 is 11.4 Å². The van der Waals surface area contributed by atoms with E-state index in [0.717, 1.165) is 5.56 Å². The van der Waals surface area contributed by atoms with Gasteiger partial charge in [0.15, 0.2) is 5.78 Å². The van der Waals surface area contributed by atoms with Crippen LogP contribution in [0.4, 0.5) is 5.69 Å². The zero-order chi connectivity index (χ0) is 20.5. The average Bonchev–Trinajstić information content (AvgIpc) is 3.14. The molecular formula is C23H18N2O4. The number of fused-ring (bicyclic) bond motifs is 5. The Morgan fingerprint density at radius 2 is 1.69 bits per heavy atom. The molecule has 0 radical (unpaired) electrons. The molecule has 144 valence electrons. The molecule has 6 nitrogen and oxygen atoms in total. The van der Waals surface area contributed by atoms with E-state index in [0.29, 0.717) is 28.2 Å². The number of ether oxygens (including phenoxy) is 1. The fourth-order valence-electron chi connectivity index (χ4n) is 4.88. The number of hydrogen-bond acceptors (Lipinski definition) is 5. The third-order valence-electron chi connectivity index (χ3n) is 6.04. The summed E-state index contributed by atoms with van der Waals surface area (Å²) in [5.41, 5.74) is 2.50. The van der Waals surface area contributed by atoms with Crippen molar-refractivity contribution in [3.63, 3.8) is 0 Å². The molecule has 2 aromatic carbocycles. The number of para-hydroxylation sites is 1. The lowest BCUT2D eigenvalue weighted by Gasteiger charge is -2.36. The molecular weight excluding hydrogens is 368 g/mol. The Bertz CT molecular complexity index is 1210. The summed E-state index contributed by atoms with van der Waals surface area (Å²) >= 11 is 0. The number of benzene rings is 2. The van der Waals surface area contributed by atoms with Crippen LogP contribution in [0.1, 0.15) is 28.4 Å². The highest BCUT2D eigenvalue weighted by molar-refractivity contribution is 6.31. The Kier molecular flexibility index (Phi) is 3.41. The number of rotatable bonds is 1. The number of hydrogen-bond donors (Lipinski definition) is 1. The molecule has 0 saturated heterocycles. The molecule has 5 rings (SSSR count). The molecule has 2 aliphatic heterocycles. The second-order valence-corrected chi connectivity index (χ2v) is 7.37. The Hall–Kier alpha value is -3.67. The minimum atomic E-state index is -1.54. The van der Waals surface area contributed by atoms with Crippen LogP contribution in [0.25, 0.3) is 5.70 Å². The summed E-state index contributed by atoms with van der Waals surface area (Å²) in [5.74, 6) is -1.23. The molecule has 3 aliphatic rings. The third kappa shape index (κ3) is 1.88. The standard InChI is InChI=1S/C23H18N2O4/c1-12-17(21(27)29-3)23(15-10-6-7-11-16(15)25(2)22(23)28)18-19(24-12)13-8-4-5-9-14(13)20(18)26/h4-11,24H,1-3H3. The van der Waals surface area contributed by atoms with Gasteiger partial charge in [-0.05, 0) is 13.0 Å². The summed E-state index contributed by atoms with van der Waals surface area (Å²) in [4.78, 5) is 41.9. The van der Waals surface area contributed by atoms with Crippen molar-refractivity contribution < 1.29 is 19.1 Å². The predicted octanol–water partition coefficient (Wildman–Crippen LogP) is 2.56. The molecule has 0 bridgehead atoms. The summed E-state index contributed by atoms with van der Waals surface area (Å²) in [5, 5.41) is 3.21. The minimum absolute atomic E-state index is 0.154. The van der Waals surface area contributed by atoms with Gasteiger partial charge in [0.05, 0.1) is 18.4 Å². The first-order valence-corrected chi connectivity index (χ1v) is 9.27. The number of carbonyl (C=O) groups excluding carboxylic acids is 3. The van der Waals surface area contributed by atoms with E-state index in [9.17, 15) is 14.4 Å². The van der Waals surface area contributed by atoms with Crippen molar-refractivity contribution in [2.75, 3.05) is 19.1 Å². The molecule has 1 spiro atoms. The van der Waals surface area contributed by atoms with Crippen molar-refractivity contribution in [1.29, 1.82) is 0 Å². The summed E-state index contributed by atoms with van der Waals surface area (Å²) in [6.07, 6.45) is 0. The van der Waals surface area contributed by atoms with Crippen molar-refractivity contribution in [3.8, 4) is 0 Å². The Morgan fingerprint density at radius 3 is 2.41 bits per heavy atom. The van der Waals surface area contributed by atoms with E-state index in [1.807, 2.05) is 30.3 Å². The van der Waals surface area contributed by atoms with Crippen LogP contribution in [0.5, 0.6) is 0 Å². The molecule has 1 N–H and O–H groups in total. The lowest BCUT2D eigenvalue weighted by atomic mass is 9.66. The fraction of sp³-hybridized carbons (Fsp3) is 0.174. The summed E-state index contributed by atoms with van der Waals surface area (Å²) in [7, 11) is 2.94. The normalized spacial score (nSPS) is 22.0. The first-order valence-electron chi connectivity index (χ1n) is 9.27. The van der Waals surface area contributed by atoms with Crippen LogP contribution in [0.2, 0.25) is 0 Å². The molecule has 0 saturated carbocycles. The van der Waals surface area contributed by atoms with E-state index in [2.05, 4.69) is 5.32 Å². The van der Waals surface area contributed by atoms with Gasteiger partial charge in [0, 0.05) is 40.7 Å². The molecule has 0 aromatic heterocycles.